The molecule has 2 heterocycles. The lowest BCUT2D eigenvalue weighted by Crippen LogP contribution is -2.42. The predicted molar refractivity (Wildman–Crippen MR) is 68.5 cm³/mol. The second-order valence-corrected chi connectivity index (χ2v) is 4.87. The van der Waals surface area contributed by atoms with Crippen LogP contribution in [0.5, 0.6) is 0 Å². The van der Waals surface area contributed by atoms with Crippen molar-refractivity contribution in [3.63, 3.8) is 0 Å². The lowest BCUT2D eigenvalue weighted by Gasteiger charge is -2.35. The molecule has 94 valence electrons. The molecule has 5 nitrogen and oxygen atoms in total. The standard InChI is InChI=1S/C12H20N4O/c1-9-13-11(8-12(17)14-9)16-6-4-10(5-7-16)15(2)3/h8,10H,4-7H2,1-3H3,(H,13,14,17). The SMILES string of the molecule is Cc1nc(N2CCC(N(C)C)CC2)cc(=O)[nH]1. The monoisotopic (exact) mass is 236 g/mol. The Morgan fingerprint density at radius 3 is 2.59 bits per heavy atom. The Hall–Kier alpha value is -1.36. The first-order valence-electron chi connectivity index (χ1n) is 6.05. The molecule has 0 unspecified atom stereocenters. The summed E-state index contributed by atoms with van der Waals surface area (Å²) in [6.45, 7) is 3.76. The van der Waals surface area contributed by atoms with E-state index < -0.39 is 0 Å². The minimum atomic E-state index is -0.0674. The second-order valence-electron chi connectivity index (χ2n) is 4.87. The number of aryl methyl sites for hydroxylation is 1. The van der Waals surface area contributed by atoms with Gasteiger partial charge in [0.2, 0.25) is 0 Å². The molecule has 1 aromatic heterocycles. The number of aromatic amines is 1. The van der Waals surface area contributed by atoms with E-state index in [9.17, 15) is 4.79 Å². The summed E-state index contributed by atoms with van der Waals surface area (Å²) in [6, 6.07) is 2.23. The van der Waals surface area contributed by atoms with E-state index >= 15 is 0 Å². The topological polar surface area (TPSA) is 52.2 Å². The van der Waals surface area contributed by atoms with E-state index in [0.29, 0.717) is 11.9 Å². The van der Waals surface area contributed by atoms with Crippen molar-refractivity contribution < 1.29 is 0 Å². The molecule has 2 rings (SSSR count). The van der Waals surface area contributed by atoms with Gasteiger partial charge >= 0.3 is 0 Å². The fraction of sp³-hybridized carbons (Fsp3) is 0.667. The Morgan fingerprint density at radius 2 is 2.06 bits per heavy atom. The highest BCUT2D eigenvalue weighted by Crippen LogP contribution is 2.18. The Balaban J connectivity index is 2.08. The molecule has 0 saturated carbocycles. The number of H-pyrrole nitrogens is 1. The van der Waals surface area contributed by atoms with E-state index in [1.807, 2.05) is 6.92 Å². The molecular weight excluding hydrogens is 216 g/mol. The van der Waals surface area contributed by atoms with Crippen LogP contribution in [0.3, 0.4) is 0 Å². The van der Waals surface area contributed by atoms with Crippen molar-refractivity contribution in [2.45, 2.75) is 25.8 Å². The van der Waals surface area contributed by atoms with E-state index in [1.165, 1.54) is 0 Å². The molecule has 1 saturated heterocycles. The first-order valence-corrected chi connectivity index (χ1v) is 6.05. The smallest absolute Gasteiger partial charge is 0.252 e. The average molecular weight is 236 g/mol. The molecule has 0 radical (unpaired) electrons. The van der Waals surface area contributed by atoms with Crippen molar-refractivity contribution in [1.29, 1.82) is 0 Å². The Bertz CT molecular complexity index is 432. The molecule has 0 atom stereocenters. The molecule has 0 spiro atoms. The van der Waals surface area contributed by atoms with Gasteiger partial charge in [0.15, 0.2) is 0 Å². The number of hydrogen-bond acceptors (Lipinski definition) is 4. The van der Waals surface area contributed by atoms with Crippen LogP contribution in [0.25, 0.3) is 0 Å². The summed E-state index contributed by atoms with van der Waals surface area (Å²) >= 11 is 0. The zero-order valence-electron chi connectivity index (χ0n) is 10.7. The third-order valence-electron chi connectivity index (χ3n) is 3.37. The summed E-state index contributed by atoms with van der Waals surface area (Å²) in [4.78, 5) is 22.9. The van der Waals surface area contributed by atoms with Crippen LogP contribution in [0, 0.1) is 6.92 Å². The van der Waals surface area contributed by atoms with Gasteiger partial charge in [-0.3, -0.25) is 4.79 Å². The van der Waals surface area contributed by atoms with Crippen LogP contribution in [-0.4, -0.2) is 48.1 Å². The fourth-order valence-electron chi connectivity index (χ4n) is 2.34. The number of aromatic nitrogens is 2. The van der Waals surface area contributed by atoms with Gasteiger partial charge < -0.3 is 14.8 Å². The van der Waals surface area contributed by atoms with Crippen LogP contribution < -0.4 is 10.5 Å². The van der Waals surface area contributed by atoms with Gasteiger partial charge in [0, 0.05) is 25.2 Å². The number of rotatable bonds is 2. The summed E-state index contributed by atoms with van der Waals surface area (Å²) in [6.07, 6.45) is 2.25. The normalized spacial score (nSPS) is 17.8. The van der Waals surface area contributed by atoms with Gasteiger partial charge in [-0.1, -0.05) is 0 Å². The first kappa shape index (κ1) is 12.1. The maximum atomic E-state index is 11.4. The number of nitrogens with zero attached hydrogens (tertiary/aromatic N) is 3. The molecular formula is C12H20N4O. The highest BCUT2D eigenvalue weighted by molar-refractivity contribution is 5.37. The summed E-state index contributed by atoms with van der Waals surface area (Å²) in [5.74, 6) is 1.49. The van der Waals surface area contributed by atoms with E-state index in [1.54, 1.807) is 6.07 Å². The molecule has 0 aromatic carbocycles. The Morgan fingerprint density at radius 1 is 1.41 bits per heavy atom. The van der Waals surface area contributed by atoms with Gasteiger partial charge in [-0.15, -0.1) is 0 Å². The van der Waals surface area contributed by atoms with Crippen LogP contribution in [-0.2, 0) is 0 Å². The number of anilines is 1. The van der Waals surface area contributed by atoms with Crippen molar-refractivity contribution in [2.75, 3.05) is 32.1 Å². The summed E-state index contributed by atoms with van der Waals surface area (Å²) in [7, 11) is 4.24. The van der Waals surface area contributed by atoms with E-state index in [4.69, 9.17) is 0 Å². The predicted octanol–water partition coefficient (Wildman–Crippen LogP) is 0.609. The van der Waals surface area contributed by atoms with Crippen molar-refractivity contribution >= 4 is 5.82 Å². The molecule has 1 aromatic rings. The molecule has 1 aliphatic heterocycles. The lowest BCUT2D eigenvalue weighted by molar-refractivity contribution is 0.249. The highest BCUT2D eigenvalue weighted by atomic mass is 16.1. The third kappa shape index (κ3) is 2.85. The van der Waals surface area contributed by atoms with Gasteiger partial charge in [-0.05, 0) is 33.9 Å². The van der Waals surface area contributed by atoms with Crippen LogP contribution in [0.15, 0.2) is 10.9 Å². The Kier molecular flexibility index (Phi) is 3.47. The quantitative estimate of drug-likeness (QED) is 0.817. The fourth-order valence-corrected chi connectivity index (χ4v) is 2.34. The number of piperidine rings is 1. The summed E-state index contributed by atoms with van der Waals surface area (Å²) in [5, 5.41) is 0. The molecule has 1 N–H and O–H groups in total. The number of hydrogen-bond donors (Lipinski definition) is 1. The minimum absolute atomic E-state index is 0.0674. The molecule has 0 aliphatic carbocycles. The molecule has 17 heavy (non-hydrogen) atoms. The summed E-state index contributed by atoms with van der Waals surface area (Å²) < 4.78 is 0. The first-order chi connectivity index (χ1) is 8.06. The van der Waals surface area contributed by atoms with E-state index in [-0.39, 0.29) is 5.56 Å². The minimum Gasteiger partial charge on any atom is -0.356 e. The zero-order chi connectivity index (χ0) is 12.4. The third-order valence-corrected chi connectivity index (χ3v) is 3.37. The van der Waals surface area contributed by atoms with Gasteiger partial charge in [-0.2, -0.15) is 0 Å². The molecule has 1 aliphatic rings. The largest absolute Gasteiger partial charge is 0.356 e. The molecule has 1 fully saturated rings. The average Bonchev–Trinajstić information content (AvgIpc) is 2.28. The Labute approximate surface area is 101 Å². The highest BCUT2D eigenvalue weighted by Gasteiger charge is 2.21. The van der Waals surface area contributed by atoms with Gasteiger partial charge in [0.05, 0.1) is 0 Å². The zero-order valence-corrected chi connectivity index (χ0v) is 10.7. The van der Waals surface area contributed by atoms with E-state index in [0.717, 1.165) is 31.7 Å². The van der Waals surface area contributed by atoms with Crippen molar-refractivity contribution in [3.8, 4) is 0 Å². The maximum absolute atomic E-state index is 11.4. The molecule has 0 amide bonds. The molecule has 5 heteroatoms. The van der Waals surface area contributed by atoms with Crippen LogP contribution in [0.1, 0.15) is 18.7 Å². The van der Waals surface area contributed by atoms with Gasteiger partial charge in [0.1, 0.15) is 11.6 Å². The van der Waals surface area contributed by atoms with Crippen molar-refractivity contribution in [2.24, 2.45) is 0 Å². The summed E-state index contributed by atoms with van der Waals surface area (Å²) in [5.41, 5.74) is -0.0674. The number of nitrogens with one attached hydrogen (secondary N) is 1. The van der Waals surface area contributed by atoms with Crippen LogP contribution in [0.2, 0.25) is 0 Å². The van der Waals surface area contributed by atoms with Gasteiger partial charge in [0.25, 0.3) is 5.56 Å². The second kappa shape index (κ2) is 4.87. The van der Waals surface area contributed by atoms with Crippen molar-refractivity contribution in [1.82, 2.24) is 14.9 Å². The van der Waals surface area contributed by atoms with Crippen molar-refractivity contribution in [3.05, 3.63) is 22.2 Å². The van der Waals surface area contributed by atoms with Gasteiger partial charge in [-0.25, -0.2) is 4.98 Å². The lowest BCUT2D eigenvalue weighted by atomic mass is 10.0. The van der Waals surface area contributed by atoms with Crippen LogP contribution in [0.4, 0.5) is 5.82 Å². The van der Waals surface area contributed by atoms with E-state index in [2.05, 4.69) is 33.9 Å². The maximum Gasteiger partial charge on any atom is 0.252 e. The molecule has 0 bridgehead atoms. The van der Waals surface area contributed by atoms with Crippen LogP contribution >= 0.6 is 0 Å².